The monoisotopic (exact) mass is 329 g/mol. The van der Waals surface area contributed by atoms with E-state index in [1.807, 2.05) is 6.07 Å². The average molecular weight is 329 g/mol. The van der Waals surface area contributed by atoms with Gasteiger partial charge in [0.05, 0.1) is 5.69 Å². The molecule has 24 heavy (non-hydrogen) atoms. The Morgan fingerprint density at radius 1 is 1.33 bits per heavy atom. The van der Waals surface area contributed by atoms with Crippen molar-refractivity contribution in [2.75, 3.05) is 19.3 Å². The molecule has 2 aromatic rings. The number of nitrogen functional groups attached to an aromatic ring is 1. The number of aryl methyl sites for hydroxylation is 1. The highest BCUT2D eigenvalue weighted by Gasteiger charge is 2.21. The molecule has 0 saturated carbocycles. The van der Waals surface area contributed by atoms with Crippen LogP contribution < -0.4 is 11.3 Å². The molecule has 1 saturated heterocycles. The van der Waals surface area contributed by atoms with Gasteiger partial charge in [0.1, 0.15) is 5.69 Å². The molecule has 3 N–H and O–H groups in total. The highest BCUT2D eigenvalue weighted by molar-refractivity contribution is 5.58. The lowest BCUT2D eigenvalue weighted by Crippen LogP contribution is -2.29. The number of azo groups is 1. The summed E-state index contributed by atoms with van der Waals surface area (Å²) < 4.78 is 1.62. The first-order valence-electron chi connectivity index (χ1n) is 8.10. The molecule has 1 atom stereocenters. The predicted octanol–water partition coefficient (Wildman–Crippen LogP) is 2.57. The van der Waals surface area contributed by atoms with E-state index in [9.17, 15) is 4.79 Å². The zero-order chi connectivity index (χ0) is 17.3. The van der Waals surface area contributed by atoms with E-state index in [-0.39, 0.29) is 11.2 Å². The summed E-state index contributed by atoms with van der Waals surface area (Å²) in [5.41, 5.74) is 8.25. The second-order valence-corrected chi connectivity index (χ2v) is 6.30. The summed E-state index contributed by atoms with van der Waals surface area (Å²) >= 11 is 0. The summed E-state index contributed by atoms with van der Waals surface area (Å²) in [5, 5.41) is 10.9. The number of nitrogens with zero attached hydrogens (tertiary/aromatic N) is 5. The van der Waals surface area contributed by atoms with E-state index in [4.69, 9.17) is 5.73 Å². The number of likely N-dealkylation sites (tertiary alicyclic amines) is 1. The van der Waals surface area contributed by atoms with Crippen molar-refractivity contribution in [3.63, 3.8) is 0 Å². The van der Waals surface area contributed by atoms with Crippen molar-refractivity contribution in [1.82, 2.24) is 19.7 Å². The quantitative estimate of drug-likeness (QED) is 0.844. The molecule has 0 aliphatic carbocycles. The number of pyridine rings is 1. The molecule has 1 aliphatic rings. The molecule has 0 spiro atoms. The van der Waals surface area contributed by atoms with Crippen LogP contribution in [0.5, 0.6) is 0 Å². The zero-order valence-corrected chi connectivity index (χ0v) is 14.3. The summed E-state index contributed by atoms with van der Waals surface area (Å²) in [4.78, 5) is 18.4. The van der Waals surface area contributed by atoms with E-state index < -0.39 is 0 Å². The average Bonchev–Trinajstić information content (AvgIpc) is 2.80. The van der Waals surface area contributed by atoms with Crippen molar-refractivity contribution in [2.45, 2.75) is 32.2 Å². The fourth-order valence-electron chi connectivity index (χ4n) is 3.07. The van der Waals surface area contributed by atoms with Crippen molar-refractivity contribution in [3.8, 4) is 0 Å². The van der Waals surface area contributed by atoms with Crippen LogP contribution in [0.1, 0.15) is 36.6 Å². The van der Waals surface area contributed by atoms with Gasteiger partial charge in [0.15, 0.2) is 11.5 Å². The minimum absolute atomic E-state index is 0.270. The molecule has 0 radical (unpaired) electrons. The SMILES string of the molecule is Cc1c(/N=N/c2cc(C3CCCCN3C)cnc2N)c(=O)[nH]n1C. The van der Waals surface area contributed by atoms with Gasteiger partial charge < -0.3 is 5.73 Å². The van der Waals surface area contributed by atoms with Crippen LogP contribution in [-0.2, 0) is 7.05 Å². The molecule has 8 nitrogen and oxygen atoms in total. The third-order valence-corrected chi connectivity index (χ3v) is 4.66. The normalized spacial score (nSPS) is 19.2. The summed E-state index contributed by atoms with van der Waals surface area (Å²) in [6, 6.07) is 2.24. The Labute approximate surface area is 140 Å². The lowest BCUT2D eigenvalue weighted by molar-refractivity contribution is 0.187. The first-order chi connectivity index (χ1) is 11.5. The Balaban J connectivity index is 1.92. The Kier molecular flexibility index (Phi) is 4.48. The number of nitrogens with two attached hydrogens (primary N) is 1. The number of hydrogen-bond donors (Lipinski definition) is 2. The summed E-state index contributed by atoms with van der Waals surface area (Å²) in [7, 11) is 3.87. The first kappa shape index (κ1) is 16.4. The summed E-state index contributed by atoms with van der Waals surface area (Å²) in [6.07, 6.45) is 5.32. The van der Waals surface area contributed by atoms with Gasteiger partial charge in [0.2, 0.25) is 0 Å². The second kappa shape index (κ2) is 6.56. The number of H-pyrrole nitrogens is 1. The predicted molar refractivity (Wildman–Crippen MR) is 92.8 cm³/mol. The van der Waals surface area contributed by atoms with Gasteiger partial charge in [0.25, 0.3) is 5.56 Å². The molecule has 1 aliphatic heterocycles. The van der Waals surface area contributed by atoms with E-state index in [0.717, 1.165) is 24.2 Å². The third kappa shape index (κ3) is 3.09. The number of anilines is 1. The lowest BCUT2D eigenvalue weighted by Gasteiger charge is -2.32. The zero-order valence-electron chi connectivity index (χ0n) is 14.3. The molecule has 2 aromatic heterocycles. The minimum atomic E-state index is -0.270. The van der Waals surface area contributed by atoms with Crippen LogP contribution in [0, 0.1) is 6.92 Å². The van der Waals surface area contributed by atoms with Crippen molar-refractivity contribution in [2.24, 2.45) is 17.3 Å². The van der Waals surface area contributed by atoms with Crippen LogP contribution in [0.25, 0.3) is 0 Å². The van der Waals surface area contributed by atoms with Crippen molar-refractivity contribution in [3.05, 3.63) is 33.9 Å². The van der Waals surface area contributed by atoms with Gasteiger partial charge >= 0.3 is 0 Å². The molecule has 0 amide bonds. The Morgan fingerprint density at radius 2 is 2.12 bits per heavy atom. The molecule has 128 valence electrons. The van der Waals surface area contributed by atoms with Gasteiger partial charge in [-0.15, -0.1) is 10.2 Å². The van der Waals surface area contributed by atoms with Gasteiger partial charge in [-0.1, -0.05) is 6.42 Å². The van der Waals surface area contributed by atoms with E-state index in [1.54, 1.807) is 24.9 Å². The largest absolute Gasteiger partial charge is 0.382 e. The van der Waals surface area contributed by atoms with Crippen LogP contribution in [0.4, 0.5) is 17.2 Å². The van der Waals surface area contributed by atoms with Crippen LogP contribution in [0.15, 0.2) is 27.3 Å². The molecule has 0 aromatic carbocycles. The number of aromatic amines is 1. The topological polar surface area (TPSA) is 105 Å². The van der Waals surface area contributed by atoms with E-state index in [0.29, 0.717) is 17.5 Å². The minimum Gasteiger partial charge on any atom is -0.382 e. The van der Waals surface area contributed by atoms with E-state index in [2.05, 4.69) is 32.3 Å². The maximum atomic E-state index is 11.8. The number of piperidine rings is 1. The van der Waals surface area contributed by atoms with Crippen LogP contribution in [0.2, 0.25) is 0 Å². The molecule has 8 heteroatoms. The number of hydrogen-bond acceptors (Lipinski definition) is 6. The maximum absolute atomic E-state index is 11.8. The molecule has 1 fully saturated rings. The van der Waals surface area contributed by atoms with Crippen molar-refractivity contribution in [1.29, 1.82) is 0 Å². The molecule has 3 rings (SSSR count). The summed E-state index contributed by atoms with van der Waals surface area (Å²) in [6.45, 7) is 2.88. The van der Waals surface area contributed by atoms with E-state index >= 15 is 0 Å². The van der Waals surface area contributed by atoms with Gasteiger partial charge in [-0.2, -0.15) is 0 Å². The third-order valence-electron chi connectivity index (χ3n) is 4.66. The first-order valence-corrected chi connectivity index (χ1v) is 8.10. The number of nitrogens with one attached hydrogen (secondary N) is 1. The highest BCUT2D eigenvalue weighted by Crippen LogP contribution is 2.33. The summed E-state index contributed by atoms with van der Waals surface area (Å²) in [5.74, 6) is 0.311. The molecule has 0 bridgehead atoms. The van der Waals surface area contributed by atoms with Crippen molar-refractivity contribution >= 4 is 17.2 Å². The smallest absolute Gasteiger partial charge is 0.292 e. The molecule has 3 heterocycles. The number of rotatable bonds is 3. The number of aromatic nitrogens is 3. The highest BCUT2D eigenvalue weighted by atomic mass is 16.1. The molecule has 1 unspecified atom stereocenters. The molecular weight excluding hydrogens is 306 g/mol. The van der Waals surface area contributed by atoms with E-state index in [1.165, 1.54) is 12.8 Å². The fraction of sp³-hybridized carbons (Fsp3) is 0.500. The lowest BCUT2D eigenvalue weighted by atomic mass is 9.97. The Morgan fingerprint density at radius 3 is 2.79 bits per heavy atom. The van der Waals surface area contributed by atoms with Crippen LogP contribution in [0.3, 0.4) is 0 Å². The van der Waals surface area contributed by atoms with Gasteiger partial charge in [-0.05, 0) is 45.0 Å². The Hall–Kier alpha value is -2.48. The van der Waals surface area contributed by atoms with Crippen LogP contribution in [-0.4, -0.2) is 33.3 Å². The second-order valence-electron chi connectivity index (χ2n) is 6.30. The van der Waals surface area contributed by atoms with Gasteiger partial charge in [0, 0.05) is 19.3 Å². The van der Waals surface area contributed by atoms with Crippen LogP contribution >= 0.6 is 0 Å². The standard InChI is InChI=1S/C16H23N7O/c1-10-14(16(24)21-23(10)3)20-19-12-8-11(9-18-15(12)17)13-6-4-5-7-22(13)2/h8-9,13H,4-7H2,1-3H3,(H2,17,18)(H,21,24)/b20-19+. The van der Waals surface area contributed by atoms with Gasteiger partial charge in [-0.25, -0.2) is 4.98 Å². The Bertz CT molecular complexity index is 820. The molecular formula is C16H23N7O. The van der Waals surface area contributed by atoms with Gasteiger partial charge in [-0.3, -0.25) is 19.5 Å². The van der Waals surface area contributed by atoms with Crippen molar-refractivity contribution < 1.29 is 0 Å². The fourth-order valence-corrected chi connectivity index (χ4v) is 3.07. The maximum Gasteiger partial charge on any atom is 0.292 e.